The van der Waals surface area contributed by atoms with Gasteiger partial charge in [0.2, 0.25) is 5.91 Å². The van der Waals surface area contributed by atoms with Gasteiger partial charge in [-0.15, -0.1) is 0 Å². The standard InChI is InChI=1S/C10H9BrFN3O5/c11-5-1-7(8(15(19)20)2-6(5)12)13-3-9(16)14-4-10(17)18/h1-2,13H,3-4H2,(H,14,16)(H,17,18). The lowest BCUT2D eigenvalue weighted by molar-refractivity contribution is -0.384. The van der Waals surface area contributed by atoms with Crippen molar-refractivity contribution < 1.29 is 24.0 Å². The Kier molecular flexibility index (Phi) is 5.38. The van der Waals surface area contributed by atoms with E-state index in [-0.39, 0.29) is 16.7 Å². The summed E-state index contributed by atoms with van der Waals surface area (Å²) in [6.45, 7) is -0.943. The summed E-state index contributed by atoms with van der Waals surface area (Å²) in [4.78, 5) is 31.4. The van der Waals surface area contributed by atoms with Crippen LogP contribution in [0.4, 0.5) is 15.8 Å². The molecule has 0 radical (unpaired) electrons. The molecule has 0 aliphatic rings. The second kappa shape index (κ2) is 6.80. The second-order valence-electron chi connectivity index (χ2n) is 3.56. The Bertz CT molecular complexity index is 566. The van der Waals surface area contributed by atoms with Crippen LogP contribution in [0.1, 0.15) is 0 Å². The number of nitrogens with zero attached hydrogens (tertiary/aromatic N) is 1. The SMILES string of the molecule is O=C(O)CNC(=O)CNc1cc(Br)c(F)cc1[N+](=O)[O-]. The highest BCUT2D eigenvalue weighted by Crippen LogP contribution is 2.30. The summed E-state index contributed by atoms with van der Waals surface area (Å²) in [5.41, 5.74) is -0.592. The molecule has 0 bridgehead atoms. The number of hydrogen-bond donors (Lipinski definition) is 3. The maximum absolute atomic E-state index is 13.2. The predicted octanol–water partition coefficient (Wildman–Crippen LogP) is 1.11. The summed E-state index contributed by atoms with van der Waals surface area (Å²) < 4.78 is 13.2. The van der Waals surface area contributed by atoms with Crippen LogP contribution in [0.5, 0.6) is 0 Å². The van der Waals surface area contributed by atoms with E-state index in [9.17, 15) is 24.1 Å². The third kappa shape index (κ3) is 4.46. The van der Waals surface area contributed by atoms with Gasteiger partial charge in [0.05, 0.1) is 22.0 Å². The molecule has 1 rings (SSSR count). The molecule has 108 valence electrons. The first kappa shape index (κ1) is 15.8. The number of benzene rings is 1. The Morgan fingerprint density at radius 2 is 2.05 bits per heavy atom. The smallest absolute Gasteiger partial charge is 0.322 e. The van der Waals surface area contributed by atoms with E-state index in [2.05, 4.69) is 26.6 Å². The summed E-state index contributed by atoms with van der Waals surface area (Å²) in [7, 11) is 0. The zero-order valence-corrected chi connectivity index (χ0v) is 11.4. The fourth-order valence-electron chi connectivity index (χ4n) is 1.24. The molecule has 0 fully saturated rings. The molecular formula is C10H9BrFN3O5. The molecule has 3 N–H and O–H groups in total. The number of nitrogens with one attached hydrogen (secondary N) is 2. The number of hydrogen-bond acceptors (Lipinski definition) is 5. The van der Waals surface area contributed by atoms with Crippen LogP contribution in [0.15, 0.2) is 16.6 Å². The summed E-state index contributed by atoms with van der Waals surface area (Å²) in [5.74, 6) is -2.69. The Morgan fingerprint density at radius 3 is 2.60 bits per heavy atom. The Morgan fingerprint density at radius 1 is 1.40 bits per heavy atom. The summed E-state index contributed by atoms with van der Waals surface area (Å²) in [6, 6.07) is 1.83. The van der Waals surface area contributed by atoms with Crippen LogP contribution in [0, 0.1) is 15.9 Å². The molecule has 20 heavy (non-hydrogen) atoms. The average molecular weight is 350 g/mol. The van der Waals surface area contributed by atoms with Crippen molar-refractivity contribution in [2.75, 3.05) is 18.4 Å². The normalized spacial score (nSPS) is 9.90. The van der Waals surface area contributed by atoms with Gasteiger partial charge in [-0.1, -0.05) is 0 Å². The summed E-state index contributed by atoms with van der Waals surface area (Å²) in [5, 5.41) is 23.6. The number of carboxylic acid groups (broad SMARTS) is 1. The van der Waals surface area contributed by atoms with E-state index in [1.54, 1.807) is 0 Å². The molecule has 0 aliphatic heterocycles. The third-order valence-corrected chi connectivity index (χ3v) is 2.72. The first-order chi connectivity index (χ1) is 9.31. The number of carbonyl (C=O) groups excluding carboxylic acids is 1. The van der Waals surface area contributed by atoms with Gasteiger partial charge >= 0.3 is 5.97 Å². The van der Waals surface area contributed by atoms with E-state index in [1.165, 1.54) is 0 Å². The van der Waals surface area contributed by atoms with Crippen molar-refractivity contribution in [3.8, 4) is 0 Å². The Hall–Kier alpha value is -2.23. The lowest BCUT2D eigenvalue weighted by Gasteiger charge is -2.08. The highest BCUT2D eigenvalue weighted by Gasteiger charge is 2.18. The van der Waals surface area contributed by atoms with Crippen LogP contribution >= 0.6 is 15.9 Å². The van der Waals surface area contributed by atoms with E-state index in [4.69, 9.17) is 5.11 Å². The van der Waals surface area contributed by atoms with Crippen molar-refractivity contribution in [1.82, 2.24) is 5.32 Å². The van der Waals surface area contributed by atoms with Crippen LogP contribution in [-0.4, -0.2) is 35.0 Å². The summed E-state index contributed by atoms with van der Waals surface area (Å²) in [6.07, 6.45) is 0. The Balaban J connectivity index is 2.77. The second-order valence-corrected chi connectivity index (χ2v) is 4.42. The molecule has 1 aromatic carbocycles. The van der Waals surface area contributed by atoms with Gasteiger partial charge in [0, 0.05) is 0 Å². The number of nitro benzene ring substituents is 1. The summed E-state index contributed by atoms with van der Waals surface area (Å²) >= 11 is 2.87. The first-order valence-electron chi connectivity index (χ1n) is 5.17. The van der Waals surface area contributed by atoms with E-state index in [1.807, 2.05) is 0 Å². The van der Waals surface area contributed by atoms with Crippen molar-refractivity contribution in [2.45, 2.75) is 0 Å². The fraction of sp³-hybridized carbons (Fsp3) is 0.200. The average Bonchev–Trinajstić information content (AvgIpc) is 2.36. The Labute approximate surface area is 120 Å². The van der Waals surface area contributed by atoms with Crippen LogP contribution in [0.25, 0.3) is 0 Å². The highest BCUT2D eigenvalue weighted by atomic mass is 79.9. The van der Waals surface area contributed by atoms with Crippen molar-refractivity contribution in [1.29, 1.82) is 0 Å². The van der Waals surface area contributed by atoms with E-state index in [0.717, 1.165) is 6.07 Å². The van der Waals surface area contributed by atoms with Crippen molar-refractivity contribution in [3.05, 3.63) is 32.5 Å². The highest BCUT2D eigenvalue weighted by molar-refractivity contribution is 9.10. The van der Waals surface area contributed by atoms with E-state index in [0.29, 0.717) is 6.07 Å². The lowest BCUT2D eigenvalue weighted by Crippen LogP contribution is -2.33. The van der Waals surface area contributed by atoms with Crippen molar-refractivity contribution in [2.24, 2.45) is 0 Å². The molecular weight excluding hydrogens is 341 g/mol. The minimum atomic E-state index is -1.21. The van der Waals surface area contributed by atoms with Crippen LogP contribution < -0.4 is 10.6 Å². The number of aliphatic carboxylic acids is 1. The van der Waals surface area contributed by atoms with E-state index >= 15 is 0 Å². The van der Waals surface area contributed by atoms with Gasteiger partial charge in [0.15, 0.2) is 0 Å². The predicted molar refractivity (Wildman–Crippen MR) is 69.9 cm³/mol. The third-order valence-electron chi connectivity index (χ3n) is 2.11. The van der Waals surface area contributed by atoms with Crippen molar-refractivity contribution >= 4 is 39.2 Å². The molecule has 0 aliphatic carbocycles. The number of carbonyl (C=O) groups is 2. The quantitative estimate of drug-likeness (QED) is 0.522. The number of rotatable bonds is 6. The van der Waals surface area contributed by atoms with Gasteiger partial charge in [0.1, 0.15) is 18.0 Å². The number of carboxylic acids is 1. The van der Waals surface area contributed by atoms with Gasteiger partial charge in [0.25, 0.3) is 5.69 Å². The number of amides is 1. The molecule has 0 atom stereocenters. The van der Waals surface area contributed by atoms with Gasteiger partial charge in [-0.2, -0.15) is 0 Å². The molecule has 0 aromatic heterocycles. The minimum absolute atomic E-state index is 0.00320. The molecule has 0 unspecified atom stereocenters. The van der Waals surface area contributed by atoms with Gasteiger partial charge in [-0.05, 0) is 22.0 Å². The molecule has 1 aromatic rings. The number of halogens is 2. The molecule has 0 heterocycles. The minimum Gasteiger partial charge on any atom is -0.480 e. The maximum Gasteiger partial charge on any atom is 0.322 e. The fourth-order valence-corrected chi connectivity index (χ4v) is 1.58. The molecule has 0 saturated carbocycles. The molecule has 8 nitrogen and oxygen atoms in total. The zero-order chi connectivity index (χ0) is 15.3. The molecule has 10 heteroatoms. The van der Waals surface area contributed by atoms with Crippen LogP contribution in [0.3, 0.4) is 0 Å². The monoisotopic (exact) mass is 349 g/mol. The molecule has 1 amide bonds. The topological polar surface area (TPSA) is 122 Å². The van der Waals surface area contributed by atoms with Crippen LogP contribution in [-0.2, 0) is 9.59 Å². The largest absolute Gasteiger partial charge is 0.480 e. The molecule has 0 spiro atoms. The van der Waals surface area contributed by atoms with E-state index < -0.39 is 34.8 Å². The first-order valence-corrected chi connectivity index (χ1v) is 5.96. The van der Waals surface area contributed by atoms with Gasteiger partial charge in [-0.3, -0.25) is 19.7 Å². The van der Waals surface area contributed by atoms with Crippen LogP contribution in [0.2, 0.25) is 0 Å². The zero-order valence-electron chi connectivity index (χ0n) is 9.85. The number of nitro groups is 1. The van der Waals surface area contributed by atoms with Crippen molar-refractivity contribution in [3.63, 3.8) is 0 Å². The lowest BCUT2D eigenvalue weighted by atomic mass is 10.2. The number of anilines is 1. The van der Waals surface area contributed by atoms with Gasteiger partial charge in [-0.25, -0.2) is 4.39 Å². The maximum atomic E-state index is 13.2. The van der Waals surface area contributed by atoms with Gasteiger partial charge < -0.3 is 15.7 Å². The molecule has 0 saturated heterocycles.